The normalized spacial score (nSPS) is 34.5. The van der Waals surface area contributed by atoms with Crippen LogP contribution in [0.2, 0.25) is 0 Å². The minimum atomic E-state index is 0.305. The summed E-state index contributed by atoms with van der Waals surface area (Å²) >= 11 is 1.45. The minimum absolute atomic E-state index is 0.305. The van der Waals surface area contributed by atoms with Crippen LogP contribution in [-0.4, -0.2) is 29.4 Å². The van der Waals surface area contributed by atoms with Gasteiger partial charge in [-0.2, -0.15) is 9.64 Å². The van der Waals surface area contributed by atoms with E-state index in [4.69, 9.17) is 0 Å². The molecule has 6 heteroatoms. The van der Waals surface area contributed by atoms with Gasteiger partial charge < -0.3 is 10.2 Å². The van der Waals surface area contributed by atoms with Gasteiger partial charge >= 0.3 is 0 Å². The number of hydrogen-bond donors (Lipinski definition) is 1. The van der Waals surface area contributed by atoms with Crippen LogP contribution in [0.3, 0.4) is 0 Å². The van der Waals surface area contributed by atoms with E-state index in [9.17, 15) is 10.1 Å². The third-order valence-corrected chi connectivity index (χ3v) is 8.07. The average molecular weight is 356 g/mol. The second kappa shape index (κ2) is 5.44. The zero-order valence-corrected chi connectivity index (χ0v) is 15.4. The molecule has 1 N–H and O–H groups in total. The van der Waals surface area contributed by atoms with E-state index in [2.05, 4.69) is 20.7 Å². The number of rotatable bonds is 3. The molecule has 2 heterocycles. The Balaban J connectivity index is 1.30. The van der Waals surface area contributed by atoms with Crippen LogP contribution in [0.25, 0.3) is 0 Å². The highest BCUT2D eigenvalue weighted by atomic mass is 32.1. The van der Waals surface area contributed by atoms with E-state index in [0.29, 0.717) is 35.1 Å². The Labute approximate surface area is 152 Å². The van der Waals surface area contributed by atoms with Gasteiger partial charge in [0.25, 0.3) is 0 Å². The number of carbonyl (C=O) groups is 1. The van der Waals surface area contributed by atoms with Gasteiger partial charge in [-0.3, -0.25) is 4.79 Å². The number of carbonyl (C=O) groups excluding carboxylic acids is 1. The SMILES string of the molecule is Cc1nsc(N2CC3CCCC(NC(=O)C4CC45CC5)C3C2)c1C#N. The van der Waals surface area contributed by atoms with E-state index in [1.807, 2.05) is 6.92 Å². The van der Waals surface area contributed by atoms with Gasteiger partial charge in [0.1, 0.15) is 16.6 Å². The molecule has 25 heavy (non-hydrogen) atoms. The Bertz CT molecular complexity index is 762. The number of nitrogens with zero attached hydrogens (tertiary/aromatic N) is 3. The maximum Gasteiger partial charge on any atom is 0.223 e. The highest BCUT2D eigenvalue weighted by Crippen LogP contribution is 2.70. The first kappa shape index (κ1) is 15.6. The number of aromatic nitrogens is 1. The number of nitrogens with one attached hydrogen (secondary N) is 1. The quantitative estimate of drug-likeness (QED) is 0.904. The molecule has 132 valence electrons. The zero-order chi connectivity index (χ0) is 17.2. The predicted octanol–water partition coefficient (Wildman–Crippen LogP) is 2.84. The lowest BCUT2D eigenvalue weighted by atomic mass is 9.78. The standard InChI is InChI=1S/C19H24N4OS/c1-11-13(8-20)18(25-22-11)23-9-12-3-2-4-16(14(12)10-23)21-17(24)15-7-19(15)5-6-19/h12,14-16H,2-7,9-10H2,1H3,(H,21,24). The van der Waals surface area contributed by atoms with E-state index in [-0.39, 0.29) is 0 Å². The maximum atomic E-state index is 12.6. The fourth-order valence-corrected chi connectivity index (χ4v) is 6.10. The Morgan fingerprint density at radius 2 is 2.24 bits per heavy atom. The van der Waals surface area contributed by atoms with Crippen molar-refractivity contribution in [2.75, 3.05) is 18.0 Å². The second-order valence-corrected chi connectivity index (χ2v) is 9.31. The van der Waals surface area contributed by atoms with Crippen LogP contribution >= 0.6 is 11.5 Å². The van der Waals surface area contributed by atoms with Gasteiger partial charge in [0, 0.05) is 31.0 Å². The largest absolute Gasteiger partial charge is 0.360 e. The molecular formula is C19H24N4OS. The van der Waals surface area contributed by atoms with Crippen molar-refractivity contribution in [3.63, 3.8) is 0 Å². The molecule has 4 aliphatic rings. The first-order valence-electron chi connectivity index (χ1n) is 9.53. The molecule has 4 unspecified atom stereocenters. The molecule has 4 atom stereocenters. The number of fused-ring (bicyclic) bond motifs is 1. The molecule has 5 rings (SSSR count). The summed E-state index contributed by atoms with van der Waals surface area (Å²) < 4.78 is 4.38. The molecule has 1 aromatic rings. The number of aryl methyl sites for hydroxylation is 1. The average Bonchev–Trinajstić information content (AvgIpc) is 3.44. The van der Waals surface area contributed by atoms with Crippen LogP contribution in [0.15, 0.2) is 0 Å². The van der Waals surface area contributed by atoms with Crippen LogP contribution in [0.1, 0.15) is 49.8 Å². The van der Waals surface area contributed by atoms with Gasteiger partial charge in [0.05, 0.1) is 5.69 Å². The van der Waals surface area contributed by atoms with Crippen molar-refractivity contribution < 1.29 is 4.79 Å². The van der Waals surface area contributed by atoms with Gasteiger partial charge in [-0.25, -0.2) is 0 Å². The lowest BCUT2D eigenvalue weighted by Crippen LogP contribution is -2.46. The Hall–Kier alpha value is -1.61. The molecule has 1 saturated heterocycles. The number of hydrogen-bond acceptors (Lipinski definition) is 5. The van der Waals surface area contributed by atoms with Gasteiger partial charge in [0.2, 0.25) is 5.91 Å². The number of anilines is 1. The molecule has 0 bridgehead atoms. The molecule has 1 aromatic heterocycles. The molecule has 1 aliphatic heterocycles. The van der Waals surface area contributed by atoms with Gasteiger partial charge in [-0.05, 0) is 61.9 Å². The van der Waals surface area contributed by atoms with E-state index >= 15 is 0 Å². The van der Waals surface area contributed by atoms with Crippen molar-refractivity contribution in [2.24, 2.45) is 23.2 Å². The van der Waals surface area contributed by atoms with Crippen molar-refractivity contribution in [1.29, 1.82) is 5.26 Å². The van der Waals surface area contributed by atoms with Crippen molar-refractivity contribution in [2.45, 2.75) is 51.5 Å². The van der Waals surface area contributed by atoms with Crippen molar-refractivity contribution in [1.82, 2.24) is 9.69 Å². The summed E-state index contributed by atoms with van der Waals surface area (Å²) in [7, 11) is 0. The van der Waals surface area contributed by atoms with Gasteiger partial charge in [-0.1, -0.05) is 6.42 Å². The Morgan fingerprint density at radius 3 is 2.96 bits per heavy atom. The summed E-state index contributed by atoms with van der Waals surface area (Å²) in [5.74, 6) is 1.76. The summed E-state index contributed by atoms with van der Waals surface area (Å²) in [6.07, 6.45) is 7.18. The first-order chi connectivity index (χ1) is 12.1. The molecule has 3 aliphatic carbocycles. The van der Waals surface area contributed by atoms with E-state index < -0.39 is 0 Å². The maximum absolute atomic E-state index is 12.6. The molecule has 1 spiro atoms. The zero-order valence-electron chi connectivity index (χ0n) is 14.6. The lowest BCUT2D eigenvalue weighted by Gasteiger charge is -2.33. The predicted molar refractivity (Wildman–Crippen MR) is 96.3 cm³/mol. The van der Waals surface area contributed by atoms with Crippen LogP contribution in [0.5, 0.6) is 0 Å². The summed E-state index contributed by atoms with van der Waals surface area (Å²) in [5.41, 5.74) is 2.01. The fraction of sp³-hybridized carbons (Fsp3) is 0.737. The van der Waals surface area contributed by atoms with Crippen LogP contribution in [0, 0.1) is 41.4 Å². The molecule has 0 aromatic carbocycles. The Morgan fingerprint density at radius 1 is 1.40 bits per heavy atom. The van der Waals surface area contributed by atoms with Gasteiger partial charge in [0.15, 0.2) is 0 Å². The van der Waals surface area contributed by atoms with E-state index in [1.54, 1.807) is 0 Å². The van der Waals surface area contributed by atoms with E-state index in [0.717, 1.165) is 42.2 Å². The van der Waals surface area contributed by atoms with E-state index in [1.165, 1.54) is 37.2 Å². The number of amides is 1. The van der Waals surface area contributed by atoms with Gasteiger partial charge in [-0.15, -0.1) is 0 Å². The summed E-state index contributed by atoms with van der Waals surface area (Å²) in [4.78, 5) is 14.9. The van der Waals surface area contributed by atoms with Crippen LogP contribution < -0.4 is 10.2 Å². The molecular weight excluding hydrogens is 332 g/mol. The molecule has 4 fully saturated rings. The fourth-order valence-electron chi connectivity index (χ4n) is 5.23. The summed E-state index contributed by atoms with van der Waals surface area (Å²) in [6.45, 7) is 3.86. The third-order valence-electron chi connectivity index (χ3n) is 7.07. The molecule has 5 nitrogen and oxygen atoms in total. The minimum Gasteiger partial charge on any atom is -0.360 e. The number of nitriles is 1. The highest BCUT2D eigenvalue weighted by molar-refractivity contribution is 7.10. The van der Waals surface area contributed by atoms with Crippen molar-refractivity contribution in [3.05, 3.63) is 11.3 Å². The monoisotopic (exact) mass is 356 g/mol. The summed E-state index contributed by atoms with van der Waals surface area (Å²) in [6, 6.07) is 2.63. The topological polar surface area (TPSA) is 69.0 Å². The first-order valence-corrected chi connectivity index (χ1v) is 10.3. The highest BCUT2D eigenvalue weighted by Gasteiger charge is 2.66. The van der Waals surface area contributed by atoms with Crippen LogP contribution in [-0.2, 0) is 4.79 Å². The summed E-state index contributed by atoms with van der Waals surface area (Å²) in [5, 5.41) is 13.9. The second-order valence-electron chi connectivity index (χ2n) is 8.55. The van der Waals surface area contributed by atoms with Crippen LogP contribution in [0.4, 0.5) is 5.00 Å². The van der Waals surface area contributed by atoms with Crippen molar-refractivity contribution in [3.8, 4) is 6.07 Å². The molecule has 1 amide bonds. The lowest BCUT2D eigenvalue weighted by molar-refractivity contribution is -0.124. The third kappa shape index (κ3) is 2.47. The Kier molecular flexibility index (Phi) is 3.40. The smallest absolute Gasteiger partial charge is 0.223 e. The molecule has 3 saturated carbocycles. The van der Waals surface area contributed by atoms with Crippen molar-refractivity contribution >= 4 is 22.4 Å². The molecule has 0 radical (unpaired) electrons.